The van der Waals surface area contributed by atoms with Gasteiger partial charge in [-0.3, -0.25) is 14.5 Å². The van der Waals surface area contributed by atoms with E-state index in [-0.39, 0.29) is 23.7 Å². The van der Waals surface area contributed by atoms with Crippen LogP contribution in [0.3, 0.4) is 0 Å². The van der Waals surface area contributed by atoms with Gasteiger partial charge in [0.15, 0.2) is 0 Å². The lowest BCUT2D eigenvalue weighted by molar-refractivity contribution is -0.122. The standard InChI is InChI=1S/C24H25NO4/c1-14-4-9-20-21(13-14)23(27)25(22(20)26)18-7-5-17(6-8-18)24(28)29-19-11-15(2)10-16(3)12-19/h5-8,10-12,14,20-21H,4,9,13H2,1-3H3/t14-,20-,21-/m1/s1. The molecule has 3 atom stereocenters. The molecule has 4 rings (SSSR count). The molecule has 150 valence electrons. The largest absolute Gasteiger partial charge is 0.423 e. The number of ether oxygens (including phenoxy) is 1. The number of carbonyl (C=O) groups is 3. The Kier molecular flexibility index (Phi) is 4.99. The van der Waals surface area contributed by atoms with Crippen LogP contribution in [0.4, 0.5) is 5.69 Å². The third-order valence-electron chi connectivity index (χ3n) is 5.95. The number of amides is 2. The molecule has 2 amide bonds. The first-order valence-electron chi connectivity index (χ1n) is 10.1. The molecule has 5 heteroatoms. The normalized spacial score (nSPS) is 23.8. The van der Waals surface area contributed by atoms with Crippen molar-refractivity contribution in [2.45, 2.75) is 40.0 Å². The summed E-state index contributed by atoms with van der Waals surface area (Å²) in [6, 6.07) is 12.1. The van der Waals surface area contributed by atoms with E-state index >= 15 is 0 Å². The van der Waals surface area contributed by atoms with Crippen molar-refractivity contribution < 1.29 is 19.1 Å². The zero-order chi connectivity index (χ0) is 20.7. The van der Waals surface area contributed by atoms with Crippen LogP contribution in [0.15, 0.2) is 42.5 Å². The molecule has 0 spiro atoms. The summed E-state index contributed by atoms with van der Waals surface area (Å²) in [5.74, 6) is -0.138. The van der Waals surface area contributed by atoms with Gasteiger partial charge in [-0.25, -0.2) is 4.79 Å². The fourth-order valence-corrected chi connectivity index (χ4v) is 4.55. The summed E-state index contributed by atoms with van der Waals surface area (Å²) in [6.07, 6.45) is 2.52. The summed E-state index contributed by atoms with van der Waals surface area (Å²) in [5, 5.41) is 0. The van der Waals surface area contributed by atoms with Crippen LogP contribution in [0.25, 0.3) is 0 Å². The van der Waals surface area contributed by atoms with Crippen molar-refractivity contribution in [3.63, 3.8) is 0 Å². The molecule has 2 fully saturated rings. The van der Waals surface area contributed by atoms with Crippen molar-refractivity contribution in [3.05, 3.63) is 59.2 Å². The Hall–Kier alpha value is -2.95. The van der Waals surface area contributed by atoms with E-state index in [4.69, 9.17) is 4.74 Å². The summed E-state index contributed by atoms with van der Waals surface area (Å²) >= 11 is 0. The van der Waals surface area contributed by atoms with Gasteiger partial charge >= 0.3 is 5.97 Å². The van der Waals surface area contributed by atoms with Crippen molar-refractivity contribution in [1.82, 2.24) is 0 Å². The van der Waals surface area contributed by atoms with Crippen LogP contribution in [0, 0.1) is 31.6 Å². The summed E-state index contributed by atoms with van der Waals surface area (Å²) in [7, 11) is 0. The predicted octanol–water partition coefficient (Wildman–Crippen LogP) is 4.45. The van der Waals surface area contributed by atoms with Crippen molar-refractivity contribution in [1.29, 1.82) is 0 Å². The molecule has 2 aliphatic rings. The fraction of sp³-hybridized carbons (Fsp3) is 0.375. The van der Waals surface area contributed by atoms with Crippen LogP contribution in [0.2, 0.25) is 0 Å². The molecule has 29 heavy (non-hydrogen) atoms. The average Bonchev–Trinajstić information content (AvgIpc) is 2.91. The van der Waals surface area contributed by atoms with Crippen molar-refractivity contribution >= 4 is 23.5 Å². The first-order valence-corrected chi connectivity index (χ1v) is 10.1. The van der Waals surface area contributed by atoms with Gasteiger partial charge in [-0.15, -0.1) is 0 Å². The SMILES string of the molecule is Cc1cc(C)cc(OC(=O)c2ccc(N3C(=O)[C@@H]4CC[C@@H](C)C[C@H]4C3=O)cc2)c1. The summed E-state index contributed by atoms with van der Waals surface area (Å²) in [4.78, 5) is 39.4. The van der Waals surface area contributed by atoms with Crippen molar-refractivity contribution in [2.24, 2.45) is 17.8 Å². The van der Waals surface area contributed by atoms with Crippen LogP contribution < -0.4 is 9.64 Å². The van der Waals surface area contributed by atoms with E-state index in [2.05, 4.69) is 6.92 Å². The number of fused-ring (bicyclic) bond motifs is 1. The molecule has 2 aromatic carbocycles. The van der Waals surface area contributed by atoms with Crippen LogP contribution in [-0.2, 0) is 9.59 Å². The van der Waals surface area contributed by atoms with E-state index in [1.54, 1.807) is 24.3 Å². The molecular formula is C24H25NO4. The number of imide groups is 1. The number of rotatable bonds is 3. The van der Waals surface area contributed by atoms with Gasteiger partial charge in [0, 0.05) is 0 Å². The zero-order valence-electron chi connectivity index (χ0n) is 17.0. The number of nitrogens with zero attached hydrogens (tertiary/aromatic N) is 1. The van der Waals surface area contributed by atoms with Gasteiger partial charge in [0.25, 0.3) is 0 Å². The third kappa shape index (κ3) is 3.69. The molecule has 1 aliphatic carbocycles. The molecule has 0 aromatic heterocycles. The summed E-state index contributed by atoms with van der Waals surface area (Å²) in [6.45, 7) is 6.02. The summed E-state index contributed by atoms with van der Waals surface area (Å²) in [5.41, 5.74) is 2.93. The Morgan fingerprint density at radius 3 is 2.21 bits per heavy atom. The molecule has 1 heterocycles. The predicted molar refractivity (Wildman–Crippen MR) is 110 cm³/mol. The molecule has 1 saturated carbocycles. The highest BCUT2D eigenvalue weighted by Crippen LogP contribution is 2.42. The number of benzene rings is 2. The highest BCUT2D eigenvalue weighted by molar-refractivity contribution is 6.22. The zero-order valence-corrected chi connectivity index (χ0v) is 17.0. The minimum atomic E-state index is -0.469. The fourth-order valence-electron chi connectivity index (χ4n) is 4.55. The molecule has 0 radical (unpaired) electrons. The number of hydrogen-bond acceptors (Lipinski definition) is 4. The van der Waals surface area contributed by atoms with Crippen molar-refractivity contribution in [2.75, 3.05) is 4.90 Å². The molecule has 1 saturated heterocycles. The maximum Gasteiger partial charge on any atom is 0.343 e. The van der Waals surface area contributed by atoms with Crippen LogP contribution in [-0.4, -0.2) is 17.8 Å². The number of esters is 1. The third-order valence-corrected chi connectivity index (χ3v) is 5.95. The second-order valence-electron chi connectivity index (χ2n) is 8.40. The Balaban J connectivity index is 1.51. The van der Waals surface area contributed by atoms with E-state index < -0.39 is 5.97 Å². The Morgan fingerprint density at radius 2 is 1.55 bits per heavy atom. The maximum absolute atomic E-state index is 12.8. The molecule has 2 aromatic rings. The lowest BCUT2D eigenvalue weighted by Crippen LogP contribution is -2.30. The topological polar surface area (TPSA) is 63.7 Å². The minimum Gasteiger partial charge on any atom is -0.423 e. The van der Waals surface area contributed by atoms with Gasteiger partial charge in [0.2, 0.25) is 11.8 Å². The highest BCUT2D eigenvalue weighted by atomic mass is 16.5. The first-order chi connectivity index (χ1) is 13.8. The quantitative estimate of drug-likeness (QED) is 0.441. The van der Waals surface area contributed by atoms with Gasteiger partial charge in [-0.1, -0.05) is 13.0 Å². The smallest absolute Gasteiger partial charge is 0.343 e. The van der Waals surface area contributed by atoms with Crippen molar-refractivity contribution in [3.8, 4) is 5.75 Å². The number of hydrogen-bond donors (Lipinski definition) is 0. The second kappa shape index (κ2) is 7.47. The minimum absolute atomic E-state index is 0.113. The summed E-state index contributed by atoms with van der Waals surface area (Å²) < 4.78 is 5.47. The van der Waals surface area contributed by atoms with E-state index in [0.29, 0.717) is 22.9 Å². The van der Waals surface area contributed by atoms with Crippen LogP contribution in [0.1, 0.15) is 47.7 Å². The molecule has 0 N–H and O–H groups in total. The number of aryl methyl sites for hydroxylation is 2. The lowest BCUT2D eigenvalue weighted by atomic mass is 9.76. The molecular weight excluding hydrogens is 366 g/mol. The van der Waals surface area contributed by atoms with E-state index in [0.717, 1.165) is 30.4 Å². The van der Waals surface area contributed by atoms with Crippen LogP contribution in [0.5, 0.6) is 5.75 Å². The number of anilines is 1. The Morgan fingerprint density at radius 1 is 0.931 bits per heavy atom. The maximum atomic E-state index is 12.8. The first kappa shape index (κ1) is 19.4. The molecule has 0 unspecified atom stereocenters. The average molecular weight is 391 g/mol. The Bertz CT molecular complexity index is 959. The van der Waals surface area contributed by atoms with E-state index in [1.807, 2.05) is 32.0 Å². The number of carbonyl (C=O) groups excluding carboxylic acids is 3. The van der Waals surface area contributed by atoms with Gasteiger partial charge in [0.1, 0.15) is 5.75 Å². The lowest BCUT2D eigenvalue weighted by Gasteiger charge is -2.25. The van der Waals surface area contributed by atoms with Gasteiger partial charge in [-0.2, -0.15) is 0 Å². The van der Waals surface area contributed by atoms with E-state index in [1.165, 1.54) is 4.90 Å². The monoisotopic (exact) mass is 391 g/mol. The highest BCUT2D eigenvalue weighted by Gasteiger charge is 2.49. The van der Waals surface area contributed by atoms with Gasteiger partial charge < -0.3 is 4.74 Å². The van der Waals surface area contributed by atoms with Gasteiger partial charge in [-0.05, 0) is 86.6 Å². The van der Waals surface area contributed by atoms with E-state index in [9.17, 15) is 14.4 Å². The van der Waals surface area contributed by atoms with Crippen LogP contribution >= 0.6 is 0 Å². The molecule has 5 nitrogen and oxygen atoms in total. The molecule has 0 bridgehead atoms. The second-order valence-corrected chi connectivity index (χ2v) is 8.40. The van der Waals surface area contributed by atoms with Gasteiger partial charge in [0.05, 0.1) is 23.1 Å². The molecule has 1 aliphatic heterocycles. The Labute approximate surface area is 170 Å².